The van der Waals surface area contributed by atoms with Gasteiger partial charge in [-0.1, -0.05) is 0 Å². The van der Waals surface area contributed by atoms with Crippen LogP contribution < -0.4 is 0 Å². The van der Waals surface area contributed by atoms with E-state index in [2.05, 4.69) is 0 Å². The minimum Gasteiger partial charge on any atom is -0.379 e. The summed E-state index contributed by atoms with van der Waals surface area (Å²) in [6, 6.07) is 0.0233. The number of amides is 1. The molecule has 1 amide bonds. The molecule has 1 unspecified atom stereocenters. The van der Waals surface area contributed by atoms with Gasteiger partial charge in [0.1, 0.15) is 5.75 Å². The molecule has 0 spiro atoms. The number of sulfone groups is 1. The van der Waals surface area contributed by atoms with Crippen molar-refractivity contribution in [3.63, 3.8) is 0 Å². The van der Waals surface area contributed by atoms with Crippen LogP contribution in [0, 0.1) is 0 Å². The Balaban J connectivity index is 2.73. The summed E-state index contributed by atoms with van der Waals surface area (Å²) < 4.78 is 27.4. The molecule has 1 aliphatic rings. The summed E-state index contributed by atoms with van der Waals surface area (Å²) in [7, 11) is -3.26. The Morgan fingerprint density at radius 3 is 2.50 bits per heavy atom. The van der Waals surface area contributed by atoms with E-state index in [1.165, 1.54) is 0 Å². The summed E-state index contributed by atoms with van der Waals surface area (Å²) in [6.45, 7) is 4.92. The van der Waals surface area contributed by atoms with E-state index in [-0.39, 0.29) is 18.0 Å². The topological polar surface area (TPSA) is 63.7 Å². The van der Waals surface area contributed by atoms with Crippen LogP contribution in [0.5, 0.6) is 0 Å². The predicted molar refractivity (Wildman–Crippen MR) is 60.9 cm³/mol. The molecule has 0 aromatic rings. The predicted octanol–water partition coefficient (Wildman–Crippen LogP) is 0.0569. The molecule has 16 heavy (non-hydrogen) atoms. The fourth-order valence-electron chi connectivity index (χ4n) is 1.95. The summed E-state index contributed by atoms with van der Waals surface area (Å²) >= 11 is 0. The average Bonchev–Trinajstić information content (AvgIpc) is 2.52. The monoisotopic (exact) mass is 249 g/mol. The summed E-state index contributed by atoms with van der Waals surface area (Å²) in [6.07, 6.45) is 1.86. The molecule has 0 aromatic carbocycles. The van der Waals surface area contributed by atoms with Crippen LogP contribution in [0.2, 0.25) is 0 Å². The van der Waals surface area contributed by atoms with Crippen LogP contribution in [0.1, 0.15) is 20.3 Å². The molecule has 6 heteroatoms. The first kappa shape index (κ1) is 13.4. The van der Waals surface area contributed by atoms with Gasteiger partial charge in [0, 0.05) is 18.9 Å². The van der Waals surface area contributed by atoms with Gasteiger partial charge in [0.15, 0.2) is 9.84 Å². The quantitative estimate of drug-likeness (QED) is 0.706. The largest absolute Gasteiger partial charge is 0.379 e. The number of hydrogen-bond acceptors (Lipinski definition) is 4. The summed E-state index contributed by atoms with van der Waals surface area (Å²) in [5.74, 6) is -0.741. The molecule has 0 aromatic heterocycles. The molecule has 0 aliphatic carbocycles. The first-order valence-electron chi connectivity index (χ1n) is 5.38. The van der Waals surface area contributed by atoms with Crippen LogP contribution >= 0.6 is 0 Å². The Morgan fingerprint density at radius 2 is 2.12 bits per heavy atom. The Morgan fingerprint density at radius 1 is 1.50 bits per heavy atom. The molecular formula is C10H19NO4S. The first-order chi connectivity index (χ1) is 7.31. The fraction of sp³-hybridized carbons (Fsp3) is 0.900. The number of nitrogens with zero attached hydrogens (tertiary/aromatic N) is 1. The van der Waals surface area contributed by atoms with Gasteiger partial charge in [-0.25, -0.2) is 8.42 Å². The van der Waals surface area contributed by atoms with Gasteiger partial charge >= 0.3 is 0 Å². The van der Waals surface area contributed by atoms with Crippen LogP contribution in [0.25, 0.3) is 0 Å². The second-order valence-electron chi connectivity index (χ2n) is 4.48. The zero-order chi connectivity index (χ0) is 12.3. The second-order valence-corrected chi connectivity index (χ2v) is 6.62. The zero-order valence-electron chi connectivity index (χ0n) is 9.97. The van der Waals surface area contributed by atoms with Crippen molar-refractivity contribution in [2.24, 2.45) is 0 Å². The van der Waals surface area contributed by atoms with E-state index in [4.69, 9.17) is 4.74 Å². The molecule has 1 heterocycles. The van der Waals surface area contributed by atoms with Crippen molar-refractivity contribution in [1.29, 1.82) is 0 Å². The minimum atomic E-state index is -3.26. The second kappa shape index (κ2) is 5.14. The fourth-order valence-corrected chi connectivity index (χ4v) is 2.55. The van der Waals surface area contributed by atoms with Crippen LogP contribution in [0.15, 0.2) is 0 Å². The minimum absolute atomic E-state index is 0.000880. The number of ether oxygens (including phenoxy) is 1. The Labute approximate surface area is 96.7 Å². The first-order valence-corrected chi connectivity index (χ1v) is 7.44. The average molecular weight is 249 g/mol. The molecule has 1 rings (SSSR count). The molecule has 0 saturated carbocycles. The molecule has 5 nitrogen and oxygen atoms in total. The molecule has 1 saturated heterocycles. The van der Waals surface area contributed by atoms with Gasteiger partial charge in [0.05, 0.1) is 12.6 Å². The normalized spacial score (nSPS) is 21.4. The van der Waals surface area contributed by atoms with E-state index in [1.807, 2.05) is 13.8 Å². The van der Waals surface area contributed by atoms with Crippen molar-refractivity contribution in [1.82, 2.24) is 4.90 Å². The molecule has 94 valence electrons. The smallest absolute Gasteiger partial charge is 0.238 e. The van der Waals surface area contributed by atoms with Gasteiger partial charge in [0.2, 0.25) is 5.91 Å². The van der Waals surface area contributed by atoms with Gasteiger partial charge in [0.25, 0.3) is 0 Å². The van der Waals surface area contributed by atoms with Crippen molar-refractivity contribution in [2.75, 3.05) is 25.2 Å². The standard InChI is InChI=1S/C10H19NO4S/c1-8(2)11(9-4-5-15-6-9)10(12)7-16(3,13)14/h8-9H,4-7H2,1-3H3. The van der Waals surface area contributed by atoms with Crippen molar-refractivity contribution in [3.05, 3.63) is 0 Å². The molecule has 1 fully saturated rings. The van der Waals surface area contributed by atoms with Gasteiger partial charge in [-0.15, -0.1) is 0 Å². The van der Waals surface area contributed by atoms with E-state index in [0.29, 0.717) is 13.2 Å². The number of hydrogen-bond donors (Lipinski definition) is 0. The lowest BCUT2D eigenvalue weighted by atomic mass is 10.2. The highest BCUT2D eigenvalue weighted by Crippen LogP contribution is 2.16. The summed E-state index contributed by atoms with van der Waals surface area (Å²) in [5.41, 5.74) is 0. The van der Waals surface area contributed by atoms with E-state index in [1.54, 1.807) is 4.90 Å². The van der Waals surface area contributed by atoms with Crippen LogP contribution in [0.3, 0.4) is 0 Å². The SMILES string of the molecule is CC(C)N(C(=O)CS(C)(=O)=O)C1CCOC1. The Kier molecular flexibility index (Phi) is 4.32. The highest BCUT2D eigenvalue weighted by atomic mass is 32.2. The van der Waals surface area contributed by atoms with Gasteiger partial charge < -0.3 is 9.64 Å². The maximum atomic E-state index is 11.9. The summed E-state index contributed by atoms with van der Waals surface area (Å²) in [5, 5.41) is 0. The summed E-state index contributed by atoms with van der Waals surface area (Å²) in [4.78, 5) is 13.5. The van der Waals surface area contributed by atoms with Crippen molar-refractivity contribution < 1.29 is 17.9 Å². The highest BCUT2D eigenvalue weighted by molar-refractivity contribution is 7.91. The van der Waals surface area contributed by atoms with Crippen molar-refractivity contribution in [2.45, 2.75) is 32.4 Å². The molecule has 0 N–H and O–H groups in total. The third-order valence-corrected chi connectivity index (χ3v) is 3.30. The Bertz CT molecular complexity index is 344. The van der Waals surface area contributed by atoms with Gasteiger partial charge in [-0.3, -0.25) is 4.79 Å². The maximum absolute atomic E-state index is 11.9. The Hall–Kier alpha value is -0.620. The third-order valence-electron chi connectivity index (χ3n) is 2.53. The van der Waals surface area contributed by atoms with Gasteiger partial charge in [-0.05, 0) is 20.3 Å². The van der Waals surface area contributed by atoms with E-state index in [9.17, 15) is 13.2 Å². The van der Waals surface area contributed by atoms with E-state index >= 15 is 0 Å². The van der Waals surface area contributed by atoms with Crippen LogP contribution in [0.4, 0.5) is 0 Å². The number of rotatable bonds is 4. The molecule has 0 radical (unpaired) electrons. The lowest BCUT2D eigenvalue weighted by molar-refractivity contribution is -0.132. The van der Waals surface area contributed by atoms with Crippen molar-refractivity contribution in [3.8, 4) is 0 Å². The van der Waals surface area contributed by atoms with Gasteiger partial charge in [-0.2, -0.15) is 0 Å². The lowest BCUT2D eigenvalue weighted by Crippen LogP contribution is -2.47. The van der Waals surface area contributed by atoms with Crippen LogP contribution in [-0.2, 0) is 19.4 Å². The molecule has 1 atom stereocenters. The molecule has 1 aliphatic heterocycles. The molecule has 0 bridgehead atoms. The van der Waals surface area contributed by atoms with E-state index < -0.39 is 15.6 Å². The van der Waals surface area contributed by atoms with E-state index in [0.717, 1.165) is 12.7 Å². The van der Waals surface area contributed by atoms with Crippen LogP contribution in [-0.4, -0.2) is 56.5 Å². The maximum Gasteiger partial charge on any atom is 0.238 e. The third kappa shape index (κ3) is 3.75. The number of carbonyl (C=O) groups excluding carboxylic acids is 1. The molecular weight excluding hydrogens is 230 g/mol. The lowest BCUT2D eigenvalue weighted by Gasteiger charge is -2.31. The number of carbonyl (C=O) groups is 1. The zero-order valence-corrected chi connectivity index (χ0v) is 10.8. The highest BCUT2D eigenvalue weighted by Gasteiger charge is 2.30. The van der Waals surface area contributed by atoms with Crippen molar-refractivity contribution >= 4 is 15.7 Å².